The number of benzene rings is 2. The van der Waals surface area contributed by atoms with Gasteiger partial charge in [0.25, 0.3) is 5.91 Å². The molecule has 0 spiro atoms. The van der Waals surface area contributed by atoms with Crippen LogP contribution in [-0.2, 0) is 16.4 Å². The first-order chi connectivity index (χ1) is 13.3. The van der Waals surface area contributed by atoms with Crippen LogP contribution in [0.4, 0.5) is 5.69 Å². The first kappa shape index (κ1) is 20.6. The van der Waals surface area contributed by atoms with Crippen molar-refractivity contribution in [3.63, 3.8) is 0 Å². The molecule has 0 fully saturated rings. The zero-order valence-electron chi connectivity index (χ0n) is 17.0. The van der Waals surface area contributed by atoms with Crippen molar-refractivity contribution in [2.75, 3.05) is 24.5 Å². The van der Waals surface area contributed by atoms with Crippen molar-refractivity contribution in [2.45, 2.75) is 45.4 Å². The number of nitrogens with zero attached hydrogens (tertiary/aromatic N) is 2. The van der Waals surface area contributed by atoms with Gasteiger partial charge in [-0.25, -0.2) is 8.42 Å². The molecule has 0 aromatic heterocycles. The van der Waals surface area contributed by atoms with Gasteiger partial charge in [-0.3, -0.25) is 4.79 Å². The van der Waals surface area contributed by atoms with E-state index in [1.807, 2.05) is 32.9 Å². The molecule has 1 heterocycles. The normalized spacial score (nSPS) is 14.2. The molecule has 0 bridgehead atoms. The number of sulfonamides is 1. The largest absolute Gasteiger partial charge is 0.308 e. The molecule has 2 aromatic rings. The highest BCUT2D eigenvalue weighted by Crippen LogP contribution is 2.30. The molecular weight excluding hydrogens is 372 g/mol. The van der Waals surface area contributed by atoms with E-state index in [9.17, 15) is 13.2 Å². The standard InChI is InChI=1S/C22H28N2O3S/c1-5-23(6-2)28(26,27)21-15-19(11-10-17(21)4)22(25)24-13-7-8-18-14-16(3)9-12-20(18)24/h9-12,14-15H,5-8,13H2,1-4H3. The molecule has 1 aliphatic rings. The summed E-state index contributed by atoms with van der Waals surface area (Å²) in [5.74, 6) is -0.152. The predicted molar refractivity (Wildman–Crippen MR) is 112 cm³/mol. The van der Waals surface area contributed by atoms with E-state index in [2.05, 4.69) is 6.07 Å². The fraction of sp³-hybridized carbons (Fsp3) is 0.409. The molecule has 0 saturated carbocycles. The molecule has 0 unspecified atom stereocenters. The van der Waals surface area contributed by atoms with Crippen LogP contribution in [0.3, 0.4) is 0 Å². The zero-order valence-corrected chi connectivity index (χ0v) is 17.8. The number of anilines is 1. The minimum Gasteiger partial charge on any atom is -0.308 e. The number of aryl methyl sites for hydroxylation is 3. The summed E-state index contributed by atoms with van der Waals surface area (Å²) >= 11 is 0. The van der Waals surface area contributed by atoms with E-state index in [1.54, 1.807) is 24.0 Å². The summed E-state index contributed by atoms with van der Waals surface area (Å²) in [6, 6.07) is 11.1. The number of carbonyl (C=O) groups is 1. The highest BCUT2D eigenvalue weighted by atomic mass is 32.2. The molecule has 0 aliphatic carbocycles. The van der Waals surface area contributed by atoms with Crippen molar-refractivity contribution < 1.29 is 13.2 Å². The van der Waals surface area contributed by atoms with Gasteiger partial charge < -0.3 is 4.90 Å². The number of carbonyl (C=O) groups excluding carboxylic acids is 1. The van der Waals surface area contributed by atoms with E-state index in [0.717, 1.165) is 18.5 Å². The van der Waals surface area contributed by atoms with Crippen LogP contribution in [0.5, 0.6) is 0 Å². The Morgan fingerprint density at radius 1 is 1.07 bits per heavy atom. The number of rotatable bonds is 5. The fourth-order valence-corrected chi connectivity index (χ4v) is 5.52. The third-order valence-corrected chi connectivity index (χ3v) is 7.55. The molecule has 1 amide bonds. The highest BCUT2D eigenvalue weighted by molar-refractivity contribution is 7.89. The van der Waals surface area contributed by atoms with Crippen molar-refractivity contribution in [3.05, 3.63) is 58.7 Å². The predicted octanol–water partition coefficient (Wildman–Crippen LogP) is 3.93. The van der Waals surface area contributed by atoms with Gasteiger partial charge in [-0.15, -0.1) is 0 Å². The summed E-state index contributed by atoms with van der Waals surface area (Å²) in [5, 5.41) is 0. The Labute approximate surface area is 168 Å². The molecule has 28 heavy (non-hydrogen) atoms. The summed E-state index contributed by atoms with van der Waals surface area (Å²) in [6.45, 7) is 8.89. The maximum absolute atomic E-state index is 13.3. The van der Waals surface area contributed by atoms with Crippen LogP contribution in [0.2, 0.25) is 0 Å². The van der Waals surface area contributed by atoms with Crippen LogP contribution in [0, 0.1) is 13.8 Å². The summed E-state index contributed by atoms with van der Waals surface area (Å²) in [6.07, 6.45) is 1.86. The molecule has 2 aromatic carbocycles. The van der Waals surface area contributed by atoms with Crippen molar-refractivity contribution in [3.8, 4) is 0 Å². The second kappa shape index (κ2) is 8.05. The number of fused-ring (bicyclic) bond motifs is 1. The van der Waals surface area contributed by atoms with E-state index in [4.69, 9.17) is 0 Å². The molecule has 150 valence electrons. The van der Waals surface area contributed by atoms with Crippen LogP contribution in [0.15, 0.2) is 41.3 Å². The molecule has 5 nitrogen and oxygen atoms in total. The van der Waals surface area contributed by atoms with E-state index < -0.39 is 10.0 Å². The Balaban J connectivity index is 2.01. The lowest BCUT2D eigenvalue weighted by Gasteiger charge is -2.30. The molecule has 6 heteroatoms. The van der Waals surface area contributed by atoms with Crippen LogP contribution >= 0.6 is 0 Å². The molecule has 0 atom stereocenters. The lowest BCUT2D eigenvalue weighted by molar-refractivity contribution is 0.0985. The summed E-state index contributed by atoms with van der Waals surface area (Å²) in [7, 11) is -3.62. The Bertz CT molecular complexity index is 995. The monoisotopic (exact) mass is 400 g/mol. The fourth-order valence-electron chi connectivity index (χ4n) is 3.81. The maximum Gasteiger partial charge on any atom is 0.258 e. The van der Waals surface area contributed by atoms with E-state index in [1.165, 1.54) is 21.5 Å². The third kappa shape index (κ3) is 3.71. The van der Waals surface area contributed by atoms with E-state index in [-0.39, 0.29) is 10.8 Å². The van der Waals surface area contributed by atoms with Crippen LogP contribution < -0.4 is 4.90 Å². The van der Waals surface area contributed by atoms with Crippen LogP contribution in [-0.4, -0.2) is 38.3 Å². The lowest BCUT2D eigenvalue weighted by Crippen LogP contribution is -2.36. The second-order valence-electron chi connectivity index (χ2n) is 7.26. The minimum absolute atomic E-state index is 0.152. The summed E-state index contributed by atoms with van der Waals surface area (Å²) in [4.78, 5) is 15.3. The van der Waals surface area contributed by atoms with E-state index >= 15 is 0 Å². The molecule has 3 rings (SSSR count). The van der Waals surface area contributed by atoms with Gasteiger partial charge in [0.15, 0.2) is 0 Å². The smallest absolute Gasteiger partial charge is 0.258 e. The molecule has 0 N–H and O–H groups in total. The average molecular weight is 401 g/mol. The topological polar surface area (TPSA) is 57.7 Å². The Hall–Kier alpha value is -2.18. The van der Waals surface area contributed by atoms with Gasteiger partial charge in [0.05, 0.1) is 4.90 Å². The van der Waals surface area contributed by atoms with Gasteiger partial charge in [-0.1, -0.05) is 37.6 Å². The van der Waals surface area contributed by atoms with Crippen LogP contribution in [0.25, 0.3) is 0 Å². The minimum atomic E-state index is -3.62. The van der Waals surface area contributed by atoms with Gasteiger partial charge in [0.2, 0.25) is 10.0 Å². The van der Waals surface area contributed by atoms with Gasteiger partial charge in [-0.2, -0.15) is 4.31 Å². The molecule has 0 radical (unpaired) electrons. The van der Waals surface area contributed by atoms with Gasteiger partial charge in [0.1, 0.15) is 0 Å². The quantitative estimate of drug-likeness (QED) is 0.764. The van der Waals surface area contributed by atoms with Crippen molar-refractivity contribution in [1.29, 1.82) is 0 Å². The van der Waals surface area contributed by atoms with E-state index in [0.29, 0.717) is 30.8 Å². The second-order valence-corrected chi connectivity index (χ2v) is 9.17. The van der Waals surface area contributed by atoms with Crippen molar-refractivity contribution >= 4 is 21.6 Å². The van der Waals surface area contributed by atoms with Crippen molar-refractivity contribution in [2.24, 2.45) is 0 Å². The highest BCUT2D eigenvalue weighted by Gasteiger charge is 2.27. The van der Waals surface area contributed by atoms with Gasteiger partial charge in [-0.05, 0) is 56.0 Å². The van der Waals surface area contributed by atoms with Crippen LogP contribution in [0.1, 0.15) is 47.3 Å². The zero-order chi connectivity index (χ0) is 20.5. The number of hydrogen-bond donors (Lipinski definition) is 0. The van der Waals surface area contributed by atoms with Gasteiger partial charge >= 0.3 is 0 Å². The first-order valence-electron chi connectivity index (χ1n) is 9.81. The summed E-state index contributed by atoms with van der Waals surface area (Å²) in [5.41, 5.74) is 4.33. The summed E-state index contributed by atoms with van der Waals surface area (Å²) < 4.78 is 27.4. The average Bonchev–Trinajstić information content (AvgIpc) is 2.67. The molecule has 1 aliphatic heterocycles. The Kier molecular flexibility index (Phi) is 5.91. The SMILES string of the molecule is CCN(CC)S(=O)(=O)c1cc(C(=O)N2CCCc3cc(C)ccc32)ccc1C. The lowest BCUT2D eigenvalue weighted by atomic mass is 9.98. The Morgan fingerprint density at radius 2 is 1.79 bits per heavy atom. The Morgan fingerprint density at radius 3 is 2.46 bits per heavy atom. The first-order valence-corrected chi connectivity index (χ1v) is 11.3. The molecular formula is C22H28N2O3S. The van der Waals surface area contributed by atoms with Crippen molar-refractivity contribution in [1.82, 2.24) is 4.31 Å². The number of amides is 1. The van der Waals surface area contributed by atoms with Gasteiger partial charge in [0, 0.05) is 30.9 Å². The third-order valence-electron chi connectivity index (χ3n) is 5.36. The molecule has 0 saturated heterocycles. The number of hydrogen-bond acceptors (Lipinski definition) is 3. The maximum atomic E-state index is 13.3.